The predicted molar refractivity (Wildman–Crippen MR) is 129 cm³/mol. The minimum atomic E-state index is -0.0210. The Morgan fingerprint density at radius 2 is 2.03 bits per heavy atom. The fraction of sp³-hybridized carbons (Fsp3) is 0.269. The van der Waals surface area contributed by atoms with Gasteiger partial charge in [-0.2, -0.15) is 5.10 Å². The minimum Gasteiger partial charge on any atom is -0.457 e. The standard InChI is InChI=1S/C26H27N5O2/c1-4-17-11-18(6-8-22(17)26(32)30-24-15-28-16(24)2)23-12-21(9-10-27-23)33-20-7-5-19-14-29-31(3)25(19)13-20/h5-14,16,24,28H,4,15H2,1-3H3,(H,30,32)/t16-,24-/m0/s1. The lowest BCUT2D eigenvalue weighted by molar-refractivity contribution is 0.0905. The molecule has 2 N–H and O–H groups in total. The number of amides is 1. The summed E-state index contributed by atoms with van der Waals surface area (Å²) in [5, 5.41) is 11.7. The first-order valence-corrected chi connectivity index (χ1v) is 11.2. The van der Waals surface area contributed by atoms with Crippen molar-refractivity contribution in [2.24, 2.45) is 7.05 Å². The quantitative estimate of drug-likeness (QED) is 0.471. The zero-order valence-electron chi connectivity index (χ0n) is 19.0. The first-order chi connectivity index (χ1) is 16.0. The lowest BCUT2D eigenvalue weighted by atomic mass is 9.97. The van der Waals surface area contributed by atoms with Crippen LogP contribution in [0, 0.1) is 0 Å². The first-order valence-electron chi connectivity index (χ1n) is 11.2. The van der Waals surface area contributed by atoms with Crippen LogP contribution in [0.25, 0.3) is 22.2 Å². The van der Waals surface area contributed by atoms with Gasteiger partial charge < -0.3 is 15.4 Å². The molecule has 0 radical (unpaired) electrons. The van der Waals surface area contributed by atoms with Gasteiger partial charge in [0, 0.05) is 54.5 Å². The molecule has 168 valence electrons. The maximum atomic E-state index is 12.8. The van der Waals surface area contributed by atoms with Crippen molar-refractivity contribution < 1.29 is 9.53 Å². The summed E-state index contributed by atoms with van der Waals surface area (Å²) in [4.78, 5) is 17.3. The van der Waals surface area contributed by atoms with Crippen molar-refractivity contribution >= 4 is 16.8 Å². The number of benzene rings is 2. The number of pyridine rings is 1. The lowest BCUT2D eigenvalue weighted by Crippen LogP contribution is -2.63. The number of aromatic nitrogens is 3. The zero-order valence-corrected chi connectivity index (χ0v) is 19.0. The molecule has 1 amide bonds. The molecule has 1 aliphatic heterocycles. The van der Waals surface area contributed by atoms with E-state index >= 15 is 0 Å². The molecule has 2 atom stereocenters. The summed E-state index contributed by atoms with van der Waals surface area (Å²) in [5.41, 5.74) is 4.48. The van der Waals surface area contributed by atoms with E-state index in [1.54, 1.807) is 6.20 Å². The third-order valence-electron chi connectivity index (χ3n) is 6.29. The number of ether oxygens (including phenoxy) is 1. The largest absolute Gasteiger partial charge is 0.457 e. The second kappa shape index (κ2) is 8.67. The van der Waals surface area contributed by atoms with Crippen LogP contribution in [0.3, 0.4) is 0 Å². The number of hydrogen-bond acceptors (Lipinski definition) is 5. The molecule has 0 bridgehead atoms. The molecule has 2 aromatic heterocycles. The third-order valence-corrected chi connectivity index (χ3v) is 6.29. The van der Waals surface area contributed by atoms with E-state index in [9.17, 15) is 4.79 Å². The molecule has 1 aliphatic rings. The number of carbonyl (C=O) groups excluding carboxylic acids is 1. The lowest BCUT2D eigenvalue weighted by Gasteiger charge is -2.36. The topological polar surface area (TPSA) is 81.1 Å². The third kappa shape index (κ3) is 4.19. The van der Waals surface area contributed by atoms with Crippen molar-refractivity contribution in [3.8, 4) is 22.8 Å². The van der Waals surface area contributed by atoms with Crippen molar-refractivity contribution in [2.45, 2.75) is 32.4 Å². The van der Waals surface area contributed by atoms with Crippen LogP contribution in [-0.4, -0.2) is 39.3 Å². The molecule has 1 saturated heterocycles. The van der Waals surface area contributed by atoms with Gasteiger partial charge in [-0.05, 0) is 49.2 Å². The highest BCUT2D eigenvalue weighted by molar-refractivity contribution is 5.96. The Bertz CT molecular complexity index is 1330. The summed E-state index contributed by atoms with van der Waals surface area (Å²) >= 11 is 0. The molecule has 0 aliphatic carbocycles. The van der Waals surface area contributed by atoms with Crippen molar-refractivity contribution in [3.63, 3.8) is 0 Å². The summed E-state index contributed by atoms with van der Waals surface area (Å²) in [5.74, 6) is 1.42. The van der Waals surface area contributed by atoms with E-state index in [2.05, 4.69) is 34.6 Å². The Balaban J connectivity index is 1.38. The van der Waals surface area contributed by atoms with Crippen LogP contribution in [0.1, 0.15) is 29.8 Å². The number of aryl methyl sites for hydroxylation is 2. The van der Waals surface area contributed by atoms with Crippen molar-refractivity contribution in [1.82, 2.24) is 25.4 Å². The molecular formula is C26H27N5O2. The molecule has 1 fully saturated rings. The SMILES string of the molecule is CCc1cc(-c2cc(Oc3ccc4cnn(C)c4c3)ccn2)ccc1C(=O)N[C@H]1CN[C@H]1C. The summed E-state index contributed by atoms with van der Waals surface area (Å²) in [6.45, 7) is 4.95. The van der Waals surface area contributed by atoms with E-state index in [1.807, 2.05) is 66.5 Å². The first kappa shape index (κ1) is 21.2. The van der Waals surface area contributed by atoms with E-state index < -0.39 is 0 Å². The molecule has 2 aromatic carbocycles. The van der Waals surface area contributed by atoms with Crippen molar-refractivity contribution in [2.75, 3.05) is 6.54 Å². The van der Waals surface area contributed by atoms with Crippen LogP contribution < -0.4 is 15.4 Å². The predicted octanol–water partition coefficient (Wildman–Crippen LogP) is 4.08. The molecule has 0 saturated carbocycles. The summed E-state index contributed by atoms with van der Waals surface area (Å²) in [6.07, 6.45) is 4.34. The fourth-order valence-electron chi connectivity index (χ4n) is 4.12. The minimum absolute atomic E-state index is 0.0210. The van der Waals surface area contributed by atoms with Crippen LogP contribution in [0.4, 0.5) is 0 Å². The molecule has 7 heteroatoms. The van der Waals surface area contributed by atoms with Gasteiger partial charge in [0.1, 0.15) is 11.5 Å². The molecule has 7 nitrogen and oxygen atoms in total. The van der Waals surface area contributed by atoms with Gasteiger partial charge in [-0.1, -0.05) is 13.0 Å². The maximum Gasteiger partial charge on any atom is 0.251 e. The number of nitrogens with zero attached hydrogens (tertiary/aromatic N) is 3. The van der Waals surface area contributed by atoms with Crippen LogP contribution in [0.2, 0.25) is 0 Å². The average Bonchev–Trinajstić information content (AvgIpc) is 3.21. The van der Waals surface area contributed by atoms with E-state index in [1.165, 1.54) is 0 Å². The molecule has 33 heavy (non-hydrogen) atoms. The van der Waals surface area contributed by atoms with Crippen molar-refractivity contribution in [3.05, 3.63) is 72.1 Å². The van der Waals surface area contributed by atoms with Gasteiger partial charge >= 0.3 is 0 Å². The summed E-state index contributed by atoms with van der Waals surface area (Å²) in [7, 11) is 1.91. The van der Waals surface area contributed by atoms with Gasteiger partial charge in [0.15, 0.2) is 0 Å². The Kier molecular flexibility index (Phi) is 5.56. The maximum absolute atomic E-state index is 12.8. The summed E-state index contributed by atoms with van der Waals surface area (Å²) < 4.78 is 7.94. The smallest absolute Gasteiger partial charge is 0.251 e. The Labute approximate surface area is 192 Å². The normalized spacial score (nSPS) is 17.5. The Morgan fingerprint density at radius 1 is 1.18 bits per heavy atom. The van der Waals surface area contributed by atoms with Gasteiger partial charge in [-0.15, -0.1) is 0 Å². The Hall–Kier alpha value is -3.71. The van der Waals surface area contributed by atoms with E-state index in [0.29, 0.717) is 11.8 Å². The van der Waals surface area contributed by atoms with Crippen LogP contribution in [-0.2, 0) is 13.5 Å². The number of fused-ring (bicyclic) bond motifs is 1. The van der Waals surface area contributed by atoms with Gasteiger partial charge in [0.2, 0.25) is 0 Å². The monoisotopic (exact) mass is 441 g/mol. The second-order valence-corrected chi connectivity index (χ2v) is 8.47. The fourth-order valence-corrected chi connectivity index (χ4v) is 4.12. The van der Waals surface area contributed by atoms with Gasteiger partial charge in [0.05, 0.1) is 23.4 Å². The Morgan fingerprint density at radius 3 is 2.79 bits per heavy atom. The molecular weight excluding hydrogens is 414 g/mol. The molecule has 5 rings (SSSR count). The highest BCUT2D eigenvalue weighted by atomic mass is 16.5. The van der Waals surface area contributed by atoms with Gasteiger partial charge in [0.25, 0.3) is 5.91 Å². The van der Waals surface area contributed by atoms with E-state index in [-0.39, 0.29) is 11.9 Å². The number of nitrogens with one attached hydrogen (secondary N) is 2. The molecule has 3 heterocycles. The number of hydrogen-bond donors (Lipinski definition) is 2. The van der Waals surface area contributed by atoms with Crippen LogP contribution in [0.15, 0.2) is 60.9 Å². The van der Waals surface area contributed by atoms with Gasteiger partial charge in [-0.3, -0.25) is 14.5 Å². The van der Waals surface area contributed by atoms with Crippen LogP contribution in [0.5, 0.6) is 11.5 Å². The second-order valence-electron chi connectivity index (χ2n) is 8.47. The highest BCUT2D eigenvalue weighted by Gasteiger charge is 2.28. The van der Waals surface area contributed by atoms with E-state index in [0.717, 1.165) is 52.0 Å². The van der Waals surface area contributed by atoms with Crippen LogP contribution >= 0.6 is 0 Å². The highest BCUT2D eigenvalue weighted by Crippen LogP contribution is 2.29. The number of carbonyl (C=O) groups is 1. The number of rotatable bonds is 6. The summed E-state index contributed by atoms with van der Waals surface area (Å²) in [6, 6.07) is 16.1. The molecule has 0 spiro atoms. The van der Waals surface area contributed by atoms with Gasteiger partial charge in [-0.25, -0.2) is 0 Å². The molecule has 4 aromatic rings. The van der Waals surface area contributed by atoms with Crippen molar-refractivity contribution in [1.29, 1.82) is 0 Å². The van der Waals surface area contributed by atoms with E-state index in [4.69, 9.17) is 4.74 Å². The average molecular weight is 442 g/mol. The molecule has 0 unspecified atom stereocenters. The zero-order chi connectivity index (χ0) is 22.9.